The van der Waals surface area contributed by atoms with Gasteiger partial charge in [0.15, 0.2) is 5.78 Å². The Labute approximate surface area is 120 Å². The molecule has 106 valence electrons. The summed E-state index contributed by atoms with van der Waals surface area (Å²) >= 11 is 3.05. The number of alkyl halides is 1. The molecule has 0 aromatic heterocycles. The fourth-order valence-corrected chi connectivity index (χ4v) is 2.94. The molecule has 19 heavy (non-hydrogen) atoms. The summed E-state index contributed by atoms with van der Waals surface area (Å²) in [6.45, 7) is 3.68. The predicted octanol–water partition coefficient (Wildman–Crippen LogP) is 1.49. The lowest BCUT2D eigenvalue weighted by atomic mass is 9.96. The summed E-state index contributed by atoms with van der Waals surface area (Å²) in [7, 11) is 2.44. The third-order valence-corrected chi connectivity index (χ3v) is 3.85. The minimum absolute atomic E-state index is 0.0112. The number of ketones is 1. The lowest BCUT2D eigenvalue weighted by Crippen LogP contribution is -2.33. The summed E-state index contributed by atoms with van der Waals surface area (Å²) < 4.78 is 9.41. The first-order valence-electron chi connectivity index (χ1n) is 5.78. The molecule has 1 aliphatic carbocycles. The Morgan fingerprint density at radius 3 is 2.16 bits per heavy atom. The van der Waals surface area contributed by atoms with Crippen molar-refractivity contribution in [1.82, 2.24) is 0 Å². The van der Waals surface area contributed by atoms with E-state index in [1.165, 1.54) is 14.2 Å². The first-order valence-corrected chi connectivity index (χ1v) is 6.90. The van der Waals surface area contributed by atoms with E-state index >= 15 is 0 Å². The largest absolute Gasteiger partial charge is 0.469 e. The maximum atomic E-state index is 12.1. The number of hydrogen-bond donors (Lipinski definition) is 0. The van der Waals surface area contributed by atoms with E-state index in [0.717, 1.165) is 5.57 Å². The highest BCUT2D eigenvalue weighted by molar-refractivity contribution is 9.09. The molecule has 0 radical (unpaired) electrons. The van der Waals surface area contributed by atoms with Crippen molar-refractivity contribution in [2.75, 3.05) is 19.5 Å². The number of halogens is 1. The van der Waals surface area contributed by atoms with Gasteiger partial charge >= 0.3 is 11.9 Å². The van der Waals surface area contributed by atoms with E-state index in [9.17, 15) is 14.4 Å². The van der Waals surface area contributed by atoms with Crippen LogP contribution in [0.2, 0.25) is 0 Å². The van der Waals surface area contributed by atoms with E-state index in [0.29, 0.717) is 0 Å². The molecular weight excluding hydrogens is 316 g/mol. The van der Waals surface area contributed by atoms with Crippen LogP contribution < -0.4 is 0 Å². The molecule has 0 heterocycles. The Morgan fingerprint density at radius 2 is 1.79 bits per heavy atom. The zero-order chi connectivity index (χ0) is 14.8. The predicted molar refractivity (Wildman–Crippen MR) is 71.7 cm³/mol. The maximum absolute atomic E-state index is 12.1. The zero-order valence-electron chi connectivity index (χ0n) is 11.4. The molecule has 1 fully saturated rings. The van der Waals surface area contributed by atoms with Crippen LogP contribution in [0.1, 0.15) is 13.8 Å². The first-order chi connectivity index (χ1) is 8.87. The van der Waals surface area contributed by atoms with Gasteiger partial charge in [0, 0.05) is 5.92 Å². The molecule has 3 unspecified atom stereocenters. The van der Waals surface area contributed by atoms with Crippen LogP contribution in [0.5, 0.6) is 0 Å². The molecule has 0 saturated heterocycles. The number of carbonyl (C=O) groups excluding carboxylic acids is 3. The summed E-state index contributed by atoms with van der Waals surface area (Å²) in [5.41, 5.74) is -0.519. The monoisotopic (exact) mass is 332 g/mol. The molecule has 1 rings (SSSR count). The SMILES string of the molecule is COC(=O)C1C(C=C(C)C)C1(C(=O)CBr)C(=O)OC. The van der Waals surface area contributed by atoms with Gasteiger partial charge in [0.1, 0.15) is 5.41 Å². The van der Waals surface area contributed by atoms with Crippen LogP contribution in [-0.2, 0) is 23.9 Å². The molecule has 3 atom stereocenters. The van der Waals surface area contributed by atoms with Gasteiger partial charge in [-0.2, -0.15) is 0 Å². The van der Waals surface area contributed by atoms with Gasteiger partial charge in [0.25, 0.3) is 0 Å². The quantitative estimate of drug-likeness (QED) is 0.330. The van der Waals surface area contributed by atoms with Crippen molar-refractivity contribution in [3.8, 4) is 0 Å². The molecule has 0 bridgehead atoms. The average Bonchev–Trinajstić information content (AvgIpc) is 3.04. The van der Waals surface area contributed by atoms with E-state index in [2.05, 4.69) is 20.7 Å². The smallest absolute Gasteiger partial charge is 0.320 e. The number of esters is 2. The van der Waals surface area contributed by atoms with Gasteiger partial charge in [-0.3, -0.25) is 14.4 Å². The zero-order valence-corrected chi connectivity index (χ0v) is 12.9. The highest BCUT2D eigenvalue weighted by Crippen LogP contribution is 2.62. The molecule has 0 spiro atoms. The van der Waals surface area contributed by atoms with E-state index in [-0.39, 0.29) is 11.1 Å². The lowest BCUT2D eigenvalue weighted by Gasteiger charge is -2.12. The van der Waals surface area contributed by atoms with Gasteiger partial charge in [0.05, 0.1) is 25.5 Å². The topological polar surface area (TPSA) is 69.7 Å². The van der Waals surface area contributed by atoms with Crippen molar-refractivity contribution in [2.45, 2.75) is 13.8 Å². The van der Waals surface area contributed by atoms with Crippen molar-refractivity contribution in [3.05, 3.63) is 11.6 Å². The van der Waals surface area contributed by atoms with Gasteiger partial charge < -0.3 is 9.47 Å². The number of ether oxygens (including phenoxy) is 2. The molecular formula is C13H17BrO5. The second-order valence-corrected chi connectivity index (χ2v) is 5.25. The molecule has 0 N–H and O–H groups in total. The second kappa shape index (κ2) is 5.86. The number of rotatable bonds is 5. The summed E-state index contributed by atoms with van der Waals surface area (Å²) in [5, 5.41) is -0.0112. The molecule has 1 aliphatic rings. The van der Waals surface area contributed by atoms with Gasteiger partial charge in [-0.15, -0.1) is 0 Å². The fraction of sp³-hybridized carbons (Fsp3) is 0.615. The molecule has 0 aromatic carbocycles. The van der Waals surface area contributed by atoms with Crippen LogP contribution in [0.25, 0.3) is 0 Å². The lowest BCUT2D eigenvalue weighted by molar-refractivity contribution is -0.156. The third-order valence-electron chi connectivity index (χ3n) is 3.34. The van der Waals surface area contributed by atoms with E-state index in [1.54, 1.807) is 6.08 Å². The average molecular weight is 333 g/mol. The molecule has 1 saturated carbocycles. The van der Waals surface area contributed by atoms with Crippen molar-refractivity contribution in [3.63, 3.8) is 0 Å². The van der Waals surface area contributed by atoms with E-state index in [1.807, 2.05) is 13.8 Å². The normalized spacial score (nSPS) is 28.3. The Balaban J connectivity index is 3.28. The summed E-state index contributed by atoms with van der Waals surface area (Å²) in [5.74, 6) is -2.92. The Bertz CT molecular complexity index is 420. The summed E-state index contributed by atoms with van der Waals surface area (Å²) in [6.07, 6.45) is 1.75. The minimum atomic E-state index is -1.44. The van der Waals surface area contributed by atoms with Crippen LogP contribution in [0.15, 0.2) is 11.6 Å². The fourth-order valence-electron chi connectivity index (χ4n) is 2.48. The molecule has 6 heteroatoms. The standard InChI is InChI=1S/C13H17BrO5/c1-7(2)5-8-10(11(16)18-3)13(8,9(15)6-14)12(17)19-4/h5,8,10H,6H2,1-4H3. The molecule has 0 aliphatic heterocycles. The van der Waals surface area contributed by atoms with Gasteiger partial charge in [-0.05, 0) is 13.8 Å². The number of allylic oxidation sites excluding steroid dienone is 2. The number of methoxy groups -OCH3 is 2. The minimum Gasteiger partial charge on any atom is -0.469 e. The highest BCUT2D eigenvalue weighted by Gasteiger charge is 2.77. The van der Waals surface area contributed by atoms with E-state index in [4.69, 9.17) is 4.74 Å². The van der Waals surface area contributed by atoms with Crippen molar-refractivity contribution >= 4 is 33.7 Å². The van der Waals surface area contributed by atoms with Gasteiger partial charge in [-0.25, -0.2) is 0 Å². The third kappa shape index (κ3) is 2.45. The van der Waals surface area contributed by atoms with Crippen LogP contribution in [0.3, 0.4) is 0 Å². The van der Waals surface area contributed by atoms with Crippen molar-refractivity contribution in [1.29, 1.82) is 0 Å². The summed E-state index contributed by atoms with van der Waals surface area (Å²) in [6, 6.07) is 0. The molecule has 0 amide bonds. The summed E-state index contributed by atoms with van der Waals surface area (Å²) in [4.78, 5) is 35.9. The number of carbonyl (C=O) groups is 3. The highest BCUT2D eigenvalue weighted by atomic mass is 79.9. The molecule has 0 aromatic rings. The maximum Gasteiger partial charge on any atom is 0.320 e. The van der Waals surface area contributed by atoms with Gasteiger partial charge in [0.2, 0.25) is 0 Å². The van der Waals surface area contributed by atoms with E-state index < -0.39 is 29.2 Å². The Kier molecular flexibility index (Phi) is 4.90. The number of Topliss-reactive ketones (excluding diaryl/α,β-unsaturated/α-hetero) is 1. The van der Waals surface area contributed by atoms with Gasteiger partial charge in [-0.1, -0.05) is 27.6 Å². The van der Waals surface area contributed by atoms with Crippen LogP contribution in [0.4, 0.5) is 0 Å². The van der Waals surface area contributed by atoms with Crippen molar-refractivity contribution in [2.24, 2.45) is 17.3 Å². The Morgan fingerprint density at radius 1 is 1.21 bits per heavy atom. The Hall–Kier alpha value is -1.17. The molecule has 5 nitrogen and oxygen atoms in total. The van der Waals surface area contributed by atoms with Crippen LogP contribution in [-0.4, -0.2) is 37.3 Å². The van der Waals surface area contributed by atoms with Crippen LogP contribution in [0, 0.1) is 17.3 Å². The van der Waals surface area contributed by atoms with Crippen LogP contribution >= 0.6 is 15.9 Å². The second-order valence-electron chi connectivity index (χ2n) is 4.69. The first kappa shape index (κ1) is 15.9. The van der Waals surface area contributed by atoms with Crippen molar-refractivity contribution < 1.29 is 23.9 Å². The number of hydrogen-bond acceptors (Lipinski definition) is 5.